The number of aryl methyl sites for hydroxylation is 1. The van der Waals surface area contributed by atoms with E-state index in [2.05, 4.69) is 5.32 Å². The molecule has 3 nitrogen and oxygen atoms in total. The Kier molecular flexibility index (Phi) is 4.64. The van der Waals surface area contributed by atoms with Crippen LogP contribution in [0.2, 0.25) is 5.02 Å². The van der Waals surface area contributed by atoms with Gasteiger partial charge in [0.2, 0.25) is 0 Å². The van der Waals surface area contributed by atoms with Gasteiger partial charge in [0.15, 0.2) is 6.10 Å². The maximum Gasteiger partial charge on any atom is 0.265 e. The highest BCUT2D eigenvalue weighted by Gasteiger charge is 2.15. The summed E-state index contributed by atoms with van der Waals surface area (Å²) in [7, 11) is 0. The Labute approximate surface area is 123 Å². The summed E-state index contributed by atoms with van der Waals surface area (Å²) in [5.74, 6) is 0.497. The van der Waals surface area contributed by atoms with Gasteiger partial charge in [-0.2, -0.15) is 0 Å². The van der Waals surface area contributed by atoms with Gasteiger partial charge in [-0.3, -0.25) is 4.79 Å². The van der Waals surface area contributed by atoms with Gasteiger partial charge in [0.25, 0.3) is 5.91 Å². The summed E-state index contributed by atoms with van der Waals surface area (Å²) in [6.45, 7) is 3.66. The number of para-hydroxylation sites is 1. The molecular weight excluding hydrogens is 274 g/mol. The van der Waals surface area contributed by atoms with Crippen LogP contribution in [0.4, 0.5) is 5.69 Å². The molecule has 0 spiro atoms. The predicted octanol–water partition coefficient (Wildman–Crippen LogP) is 4.05. The summed E-state index contributed by atoms with van der Waals surface area (Å²) in [6.07, 6.45) is -0.588. The molecule has 0 saturated carbocycles. The molecule has 0 aromatic heterocycles. The number of hydrogen-bond acceptors (Lipinski definition) is 2. The molecule has 1 unspecified atom stereocenters. The fraction of sp³-hybridized carbons (Fsp3) is 0.188. The fourth-order valence-corrected chi connectivity index (χ4v) is 1.93. The Morgan fingerprint density at radius 1 is 1.20 bits per heavy atom. The summed E-state index contributed by atoms with van der Waals surface area (Å²) < 4.78 is 5.66. The van der Waals surface area contributed by atoms with Crippen molar-refractivity contribution >= 4 is 23.2 Å². The van der Waals surface area contributed by atoms with Crippen LogP contribution in [0.15, 0.2) is 48.5 Å². The molecule has 2 aromatic carbocycles. The SMILES string of the molecule is Cc1ccccc1OC(C)C(=O)Nc1cccc(Cl)c1. The van der Waals surface area contributed by atoms with Gasteiger partial charge >= 0.3 is 0 Å². The van der Waals surface area contributed by atoms with E-state index in [0.29, 0.717) is 16.5 Å². The number of hydrogen-bond donors (Lipinski definition) is 1. The molecule has 0 saturated heterocycles. The molecule has 2 aromatic rings. The number of halogens is 1. The van der Waals surface area contributed by atoms with Gasteiger partial charge in [-0.15, -0.1) is 0 Å². The van der Waals surface area contributed by atoms with E-state index < -0.39 is 6.10 Å². The third-order valence-electron chi connectivity index (χ3n) is 2.86. The minimum atomic E-state index is -0.588. The summed E-state index contributed by atoms with van der Waals surface area (Å²) in [5, 5.41) is 3.35. The summed E-state index contributed by atoms with van der Waals surface area (Å²) in [6, 6.07) is 14.6. The number of anilines is 1. The predicted molar refractivity (Wildman–Crippen MR) is 81.4 cm³/mol. The van der Waals surface area contributed by atoms with Crippen molar-refractivity contribution in [2.24, 2.45) is 0 Å². The molecule has 1 N–H and O–H groups in total. The average molecular weight is 290 g/mol. The summed E-state index contributed by atoms with van der Waals surface area (Å²) in [5.41, 5.74) is 1.65. The quantitative estimate of drug-likeness (QED) is 0.922. The lowest BCUT2D eigenvalue weighted by Crippen LogP contribution is -2.30. The lowest BCUT2D eigenvalue weighted by molar-refractivity contribution is -0.122. The highest BCUT2D eigenvalue weighted by Crippen LogP contribution is 2.19. The van der Waals surface area contributed by atoms with Crippen molar-refractivity contribution in [2.75, 3.05) is 5.32 Å². The van der Waals surface area contributed by atoms with Crippen LogP contribution in [0.3, 0.4) is 0 Å². The minimum Gasteiger partial charge on any atom is -0.481 e. The zero-order valence-corrected chi connectivity index (χ0v) is 12.1. The van der Waals surface area contributed by atoms with Crippen molar-refractivity contribution in [1.82, 2.24) is 0 Å². The Bertz CT molecular complexity index is 613. The van der Waals surface area contributed by atoms with Crippen LogP contribution >= 0.6 is 11.6 Å². The first-order valence-corrected chi connectivity index (χ1v) is 6.73. The highest BCUT2D eigenvalue weighted by molar-refractivity contribution is 6.30. The Hall–Kier alpha value is -2.00. The molecule has 0 radical (unpaired) electrons. The van der Waals surface area contributed by atoms with E-state index in [1.165, 1.54) is 0 Å². The van der Waals surface area contributed by atoms with E-state index in [1.807, 2.05) is 31.2 Å². The molecule has 0 aliphatic carbocycles. The molecule has 0 aliphatic rings. The molecule has 0 bridgehead atoms. The number of benzene rings is 2. The monoisotopic (exact) mass is 289 g/mol. The van der Waals surface area contributed by atoms with Crippen LogP contribution in [-0.2, 0) is 4.79 Å². The Morgan fingerprint density at radius 2 is 1.95 bits per heavy atom. The zero-order chi connectivity index (χ0) is 14.5. The lowest BCUT2D eigenvalue weighted by atomic mass is 10.2. The molecule has 104 valence electrons. The molecule has 20 heavy (non-hydrogen) atoms. The normalized spacial score (nSPS) is 11.8. The molecule has 0 aliphatic heterocycles. The van der Waals surface area contributed by atoms with E-state index in [1.54, 1.807) is 31.2 Å². The second kappa shape index (κ2) is 6.44. The molecular formula is C16H16ClNO2. The molecule has 0 fully saturated rings. The molecule has 1 amide bonds. The second-order valence-electron chi connectivity index (χ2n) is 4.53. The van der Waals surface area contributed by atoms with Gasteiger partial charge in [0.05, 0.1) is 0 Å². The van der Waals surface area contributed by atoms with Crippen LogP contribution in [0.25, 0.3) is 0 Å². The van der Waals surface area contributed by atoms with Crippen molar-refractivity contribution in [1.29, 1.82) is 0 Å². The first-order chi connectivity index (χ1) is 9.56. The number of amides is 1. The van der Waals surface area contributed by atoms with Crippen molar-refractivity contribution < 1.29 is 9.53 Å². The van der Waals surface area contributed by atoms with Gasteiger partial charge in [0, 0.05) is 10.7 Å². The topological polar surface area (TPSA) is 38.3 Å². The minimum absolute atomic E-state index is 0.212. The molecule has 1 atom stereocenters. The van der Waals surface area contributed by atoms with Crippen LogP contribution in [0.5, 0.6) is 5.75 Å². The number of carbonyl (C=O) groups excluding carboxylic acids is 1. The van der Waals surface area contributed by atoms with E-state index in [9.17, 15) is 4.79 Å². The number of rotatable bonds is 4. The second-order valence-corrected chi connectivity index (χ2v) is 4.96. The standard InChI is InChI=1S/C16H16ClNO2/c1-11-6-3-4-9-15(11)20-12(2)16(19)18-14-8-5-7-13(17)10-14/h3-10,12H,1-2H3,(H,18,19). The van der Waals surface area contributed by atoms with Gasteiger partial charge < -0.3 is 10.1 Å². The third-order valence-corrected chi connectivity index (χ3v) is 3.09. The van der Waals surface area contributed by atoms with Crippen molar-refractivity contribution in [3.8, 4) is 5.75 Å². The largest absolute Gasteiger partial charge is 0.481 e. The van der Waals surface area contributed by atoms with E-state index >= 15 is 0 Å². The average Bonchev–Trinajstić information content (AvgIpc) is 2.41. The first-order valence-electron chi connectivity index (χ1n) is 6.35. The number of ether oxygens (including phenoxy) is 1. The van der Waals surface area contributed by atoms with Gasteiger partial charge in [-0.05, 0) is 43.7 Å². The fourth-order valence-electron chi connectivity index (χ4n) is 1.74. The van der Waals surface area contributed by atoms with Gasteiger partial charge in [-0.25, -0.2) is 0 Å². The van der Waals surface area contributed by atoms with Crippen molar-refractivity contribution in [3.63, 3.8) is 0 Å². The highest BCUT2D eigenvalue weighted by atomic mass is 35.5. The van der Waals surface area contributed by atoms with Crippen LogP contribution in [-0.4, -0.2) is 12.0 Å². The van der Waals surface area contributed by atoms with E-state index in [-0.39, 0.29) is 5.91 Å². The lowest BCUT2D eigenvalue weighted by Gasteiger charge is -2.16. The summed E-state index contributed by atoms with van der Waals surface area (Å²) in [4.78, 5) is 12.1. The zero-order valence-electron chi connectivity index (χ0n) is 11.4. The van der Waals surface area contributed by atoms with Gasteiger partial charge in [-0.1, -0.05) is 35.9 Å². The molecule has 4 heteroatoms. The Morgan fingerprint density at radius 3 is 2.65 bits per heavy atom. The smallest absolute Gasteiger partial charge is 0.265 e. The van der Waals surface area contributed by atoms with E-state index in [4.69, 9.17) is 16.3 Å². The van der Waals surface area contributed by atoms with Crippen molar-refractivity contribution in [3.05, 3.63) is 59.1 Å². The maximum absolute atomic E-state index is 12.1. The maximum atomic E-state index is 12.1. The third kappa shape index (κ3) is 3.75. The summed E-state index contributed by atoms with van der Waals surface area (Å²) >= 11 is 5.88. The van der Waals surface area contributed by atoms with Gasteiger partial charge in [0.1, 0.15) is 5.75 Å². The molecule has 0 heterocycles. The van der Waals surface area contributed by atoms with Crippen LogP contribution in [0, 0.1) is 6.92 Å². The van der Waals surface area contributed by atoms with Crippen LogP contribution < -0.4 is 10.1 Å². The number of nitrogens with one attached hydrogen (secondary N) is 1. The first kappa shape index (κ1) is 14.4. The molecule has 2 rings (SSSR count). The van der Waals surface area contributed by atoms with E-state index in [0.717, 1.165) is 5.56 Å². The number of carbonyl (C=O) groups is 1. The van der Waals surface area contributed by atoms with Crippen LogP contribution in [0.1, 0.15) is 12.5 Å². The van der Waals surface area contributed by atoms with Crippen molar-refractivity contribution in [2.45, 2.75) is 20.0 Å². The Balaban J connectivity index is 2.01.